The monoisotopic (exact) mass is 293 g/mol. The fourth-order valence-electron chi connectivity index (χ4n) is 1.93. The van der Waals surface area contributed by atoms with Crippen LogP contribution in [-0.2, 0) is 0 Å². The van der Waals surface area contributed by atoms with E-state index < -0.39 is 17.7 Å². The largest absolute Gasteiger partial charge is 0.323 e. The number of halogens is 2. The molecule has 0 aromatic heterocycles. The van der Waals surface area contributed by atoms with E-state index in [1.54, 1.807) is 11.8 Å². The maximum Gasteiger partial charge on any atom is 0.128 e. The molecule has 0 bridgehead atoms. The highest BCUT2D eigenvalue weighted by molar-refractivity contribution is 7.99. The zero-order valence-electron chi connectivity index (χ0n) is 11.5. The van der Waals surface area contributed by atoms with Crippen molar-refractivity contribution in [1.82, 2.24) is 0 Å². The highest BCUT2D eigenvalue weighted by atomic mass is 32.2. The van der Waals surface area contributed by atoms with Gasteiger partial charge >= 0.3 is 0 Å². The molecule has 0 aliphatic heterocycles. The van der Waals surface area contributed by atoms with Crippen LogP contribution >= 0.6 is 11.8 Å². The predicted molar refractivity (Wildman–Crippen MR) is 79.9 cm³/mol. The van der Waals surface area contributed by atoms with Crippen LogP contribution in [0.4, 0.5) is 8.78 Å². The standard InChI is InChI=1S/C16H17F2NS/c1-10-3-4-11(2)16(7-10)20-9-15(19)13-8-12(17)5-6-14(13)18/h3-8,15H,9,19H2,1-2H3. The fourth-order valence-corrected chi connectivity index (χ4v) is 3.03. The minimum absolute atomic E-state index is 0.225. The van der Waals surface area contributed by atoms with Crippen LogP contribution in [0.1, 0.15) is 22.7 Å². The topological polar surface area (TPSA) is 26.0 Å². The van der Waals surface area contributed by atoms with Crippen molar-refractivity contribution in [2.24, 2.45) is 5.73 Å². The minimum atomic E-state index is -0.532. The van der Waals surface area contributed by atoms with Gasteiger partial charge in [-0.05, 0) is 43.7 Å². The van der Waals surface area contributed by atoms with Gasteiger partial charge in [0.2, 0.25) is 0 Å². The number of aryl methyl sites for hydroxylation is 2. The second-order valence-corrected chi connectivity index (χ2v) is 5.91. The van der Waals surface area contributed by atoms with Crippen LogP contribution in [0, 0.1) is 25.5 Å². The Morgan fingerprint density at radius 3 is 2.60 bits per heavy atom. The van der Waals surface area contributed by atoms with E-state index in [4.69, 9.17) is 5.73 Å². The van der Waals surface area contributed by atoms with E-state index in [9.17, 15) is 8.78 Å². The number of hydrogen-bond acceptors (Lipinski definition) is 2. The van der Waals surface area contributed by atoms with Gasteiger partial charge in [-0.2, -0.15) is 0 Å². The molecule has 0 spiro atoms. The molecule has 0 fully saturated rings. The Morgan fingerprint density at radius 2 is 1.85 bits per heavy atom. The number of nitrogens with two attached hydrogens (primary N) is 1. The third kappa shape index (κ3) is 3.58. The zero-order valence-corrected chi connectivity index (χ0v) is 12.3. The van der Waals surface area contributed by atoms with Gasteiger partial charge in [-0.3, -0.25) is 0 Å². The molecule has 4 heteroatoms. The molecule has 2 rings (SSSR count). The van der Waals surface area contributed by atoms with E-state index in [1.807, 2.05) is 26.0 Å². The summed E-state index contributed by atoms with van der Waals surface area (Å²) in [6.07, 6.45) is 0. The molecule has 1 nitrogen and oxygen atoms in total. The normalized spacial score (nSPS) is 12.4. The smallest absolute Gasteiger partial charge is 0.128 e. The Labute approximate surface area is 122 Å². The van der Waals surface area contributed by atoms with Crippen molar-refractivity contribution in [3.05, 3.63) is 64.7 Å². The Hall–Kier alpha value is -1.39. The Bertz CT molecular complexity index is 613. The van der Waals surface area contributed by atoms with Gasteiger partial charge in [-0.25, -0.2) is 8.78 Å². The minimum Gasteiger partial charge on any atom is -0.323 e. The molecule has 1 atom stereocenters. The van der Waals surface area contributed by atoms with E-state index in [2.05, 4.69) is 6.07 Å². The quantitative estimate of drug-likeness (QED) is 0.847. The molecule has 0 heterocycles. The maximum absolute atomic E-state index is 13.6. The first-order chi connectivity index (χ1) is 9.47. The molecule has 0 amide bonds. The Balaban J connectivity index is 2.10. The summed E-state index contributed by atoms with van der Waals surface area (Å²) in [5.41, 5.74) is 8.53. The molecule has 0 saturated heterocycles. The van der Waals surface area contributed by atoms with Gasteiger partial charge in [0.15, 0.2) is 0 Å². The van der Waals surface area contributed by atoms with Crippen molar-refractivity contribution in [3.63, 3.8) is 0 Å². The lowest BCUT2D eigenvalue weighted by molar-refractivity contribution is 0.573. The molecule has 0 radical (unpaired) electrons. The molecular weight excluding hydrogens is 276 g/mol. The van der Waals surface area contributed by atoms with Gasteiger partial charge in [0.05, 0.1) is 0 Å². The summed E-state index contributed by atoms with van der Waals surface area (Å²) in [4.78, 5) is 1.12. The number of rotatable bonds is 4. The van der Waals surface area contributed by atoms with Crippen molar-refractivity contribution in [2.45, 2.75) is 24.8 Å². The Kier molecular flexibility index (Phi) is 4.78. The van der Waals surface area contributed by atoms with E-state index in [0.29, 0.717) is 5.75 Å². The van der Waals surface area contributed by atoms with Gasteiger partial charge < -0.3 is 5.73 Å². The molecule has 2 N–H and O–H groups in total. The summed E-state index contributed by atoms with van der Waals surface area (Å²) in [5.74, 6) is -0.418. The van der Waals surface area contributed by atoms with Crippen LogP contribution in [0.15, 0.2) is 41.3 Å². The first-order valence-corrected chi connectivity index (χ1v) is 7.36. The van der Waals surface area contributed by atoms with E-state index in [-0.39, 0.29) is 5.56 Å². The Morgan fingerprint density at radius 1 is 1.10 bits per heavy atom. The number of thioether (sulfide) groups is 1. The first-order valence-electron chi connectivity index (χ1n) is 6.38. The molecule has 1 unspecified atom stereocenters. The van der Waals surface area contributed by atoms with Gasteiger partial charge in [0.1, 0.15) is 11.6 Å². The lowest BCUT2D eigenvalue weighted by atomic mass is 10.1. The SMILES string of the molecule is Cc1ccc(C)c(SCC(N)c2cc(F)ccc2F)c1. The lowest BCUT2D eigenvalue weighted by Gasteiger charge is -2.14. The molecule has 0 aliphatic carbocycles. The summed E-state index contributed by atoms with van der Waals surface area (Å²) in [7, 11) is 0. The zero-order chi connectivity index (χ0) is 14.7. The van der Waals surface area contributed by atoms with Crippen molar-refractivity contribution in [3.8, 4) is 0 Å². The second kappa shape index (κ2) is 6.37. The van der Waals surface area contributed by atoms with Crippen molar-refractivity contribution in [2.75, 3.05) is 5.75 Å². The van der Waals surface area contributed by atoms with Gasteiger partial charge in [0.25, 0.3) is 0 Å². The average Bonchev–Trinajstić information content (AvgIpc) is 2.42. The van der Waals surface area contributed by atoms with Gasteiger partial charge in [-0.1, -0.05) is 17.7 Å². The molecule has 0 saturated carbocycles. The van der Waals surface area contributed by atoms with E-state index in [1.165, 1.54) is 11.6 Å². The summed E-state index contributed by atoms with van der Waals surface area (Å²) in [6, 6.07) is 9.03. The van der Waals surface area contributed by atoms with E-state index >= 15 is 0 Å². The molecule has 2 aromatic rings. The molecule has 0 aliphatic rings. The highest BCUT2D eigenvalue weighted by Crippen LogP contribution is 2.28. The van der Waals surface area contributed by atoms with Crippen LogP contribution in [0.2, 0.25) is 0 Å². The summed E-state index contributed by atoms with van der Waals surface area (Å²) >= 11 is 1.56. The van der Waals surface area contributed by atoms with Gasteiger partial charge in [0, 0.05) is 22.3 Å². The summed E-state index contributed by atoms with van der Waals surface area (Å²) < 4.78 is 26.8. The van der Waals surface area contributed by atoms with Crippen LogP contribution in [0.25, 0.3) is 0 Å². The molecule has 106 valence electrons. The lowest BCUT2D eigenvalue weighted by Crippen LogP contribution is -2.15. The molecule has 20 heavy (non-hydrogen) atoms. The molecular formula is C16H17F2NS. The third-order valence-corrected chi connectivity index (χ3v) is 4.40. The van der Waals surface area contributed by atoms with Crippen LogP contribution in [0.3, 0.4) is 0 Å². The highest BCUT2D eigenvalue weighted by Gasteiger charge is 2.13. The summed E-state index contributed by atoms with van der Waals surface area (Å²) in [5, 5.41) is 0. The van der Waals surface area contributed by atoms with Crippen LogP contribution in [0.5, 0.6) is 0 Å². The number of hydrogen-bond donors (Lipinski definition) is 1. The van der Waals surface area contributed by atoms with Crippen molar-refractivity contribution >= 4 is 11.8 Å². The van der Waals surface area contributed by atoms with Crippen molar-refractivity contribution < 1.29 is 8.78 Å². The number of benzene rings is 2. The van der Waals surface area contributed by atoms with Crippen LogP contribution in [-0.4, -0.2) is 5.75 Å². The third-order valence-electron chi connectivity index (χ3n) is 3.12. The molecule has 2 aromatic carbocycles. The average molecular weight is 293 g/mol. The van der Waals surface area contributed by atoms with Crippen LogP contribution < -0.4 is 5.73 Å². The van der Waals surface area contributed by atoms with E-state index in [0.717, 1.165) is 22.6 Å². The first kappa shape index (κ1) is 15.0. The maximum atomic E-state index is 13.6. The van der Waals surface area contributed by atoms with Gasteiger partial charge in [-0.15, -0.1) is 11.8 Å². The second-order valence-electron chi connectivity index (χ2n) is 4.85. The summed E-state index contributed by atoms with van der Waals surface area (Å²) in [6.45, 7) is 4.05. The predicted octanol–water partition coefficient (Wildman–Crippen LogP) is 4.37. The van der Waals surface area contributed by atoms with Crippen molar-refractivity contribution in [1.29, 1.82) is 0 Å². The fraction of sp³-hybridized carbons (Fsp3) is 0.250.